The van der Waals surface area contributed by atoms with E-state index in [9.17, 15) is 14.0 Å². The van der Waals surface area contributed by atoms with Crippen LogP contribution in [0.3, 0.4) is 0 Å². The maximum atomic E-state index is 13.1. The van der Waals surface area contributed by atoms with E-state index in [2.05, 4.69) is 10.3 Å². The van der Waals surface area contributed by atoms with E-state index in [0.717, 1.165) is 16.7 Å². The molecule has 1 aliphatic heterocycles. The monoisotopic (exact) mass is 419 g/mol. The molecule has 1 N–H and O–H groups in total. The molecule has 0 bridgehead atoms. The number of halogens is 1. The molecule has 0 fully saturated rings. The summed E-state index contributed by atoms with van der Waals surface area (Å²) in [4.78, 5) is 31.7. The maximum Gasteiger partial charge on any atom is 0.296 e. The summed E-state index contributed by atoms with van der Waals surface area (Å²) in [5.41, 5.74) is 4.36. The Morgan fingerprint density at radius 2 is 1.87 bits per heavy atom. The summed E-state index contributed by atoms with van der Waals surface area (Å²) in [6.07, 6.45) is 12.1. The van der Waals surface area contributed by atoms with Crippen LogP contribution in [0, 0.1) is 12.7 Å². The molecular weight excluding hydrogens is 393 g/mol. The number of pyridine rings is 1. The summed E-state index contributed by atoms with van der Waals surface area (Å²) < 4.78 is 13.1. The van der Waals surface area contributed by atoms with Gasteiger partial charge in [0.15, 0.2) is 0 Å². The van der Waals surface area contributed by atoms with Crippen molar-refractivity contribution in [1.29, 1.82) is 0 Å². The highest BCUT2D eigenvalue weighted by molar-refractivity contribution is 6.46. The number of hydrogen-bond donors (Lipinski definition) is 1. The van der Waals surface area contributed by atoms with Crippen LogP contribution < -0.4 is 5.32 Å². The predicted molar refractivity (Wildman–Crippen MR) is 120 cm³/mol. The molecule has 0 saturated carbocycles. The van der Waals surface area contributed by atoms with Crippen molar-refractivity contribution < 1.29 is 14.0 Å². The number of carbonyl (C=O) groups excluding carboxylic acids is 2. The van der Waals surface area contributed by atoms with Crippen molar-refractivity contribution in [2.45, 2.75) is 33.6 Å². The van der Waals surface area contributed by atoms with Gasteiger partial charge in [-0.05, 0) is 67.7 Å². The molecule has 0 saturated heterocycles. The van der Waals surface area contributed by atoms with E-state index in [1.807, 2.05) is 43.2 Å². The number of anilines is 1. The predicted octanol–water partition coefficient (Wildman–Crippen LogP) is 4.50. The van der Waals surface area contributed by atoms with Crippen LogP contribution in [-0.4, -0.2) is 28.1 Å². The van der Waals surface area contributed by atoms with Gasteiger partial charge >= 0.3 is 0 Å². The fourth-order valence-corrected chi connectivity index (χ4v) is 3.44. The second-order valence-corrected chi connectivity index (χ2v) is 7.41. The molecule has 0 unspecified atom stereocenters. The molecule has 1 amide bonds. The average molecular weight is 420 g/mol. The third kappa shape index (κ3) is 5.34. The lowest BCUT2D eigenvalue weighted by molar-refractivity contribution is -0.132. The van der Waals surface area contributed by atoms with Crippen molar-refractivity contribution in [3.63, 3.8) is 0 Å². The van der Waals surface area contributed by atoms with E-state index in [0.29, 0.717) is 36.3 Å². The van der Waals surface area contributed by atoms with Gasteiger partial charge in [0.2, 0.25) is 5.78 Å². The number of Topliss-reactive ketones (excluding diaryl/α,β-unsaturated/α-hetero) is 1. The highest BCUT2D eigenvalue weighted by atomic mass is 19.1. The van der Waals surface area contributed by atoms with Crippen molar-refractivity contribution in [3.8, 4) is 0 Å². The van der Waals surface area contributed by atoms with Crippen LogP contribution in [0.4, 0.5) is 10.1 Å². The topological polar surface area (TPSA) is 62.3 Å². The van der Waals surface area contributed by atoms with Crippen LogP contribution in [0.5, 0.6) is 0 Å². The Kier molecular flexibility index (Phi) is 7.13. The zero-order valence-electron chi connectivity index (χ0n) is 18.0. The van der Waals surface area contributed by atoms with E-state index in [4.69, 9.17) is 0 Å². The Morgan fingerprint density at radius 3 is 2.58 bits per heavy atom. The number of aryl methyl sites for hydroxylation is 2. The van der Waals surface area contributed by atoms with Crippen LogP contribution in [0.15, 0.2) is 72.4 Å². The number of amides is 1. The second kappa shape index (κ2) is 9.98. The summed E-state index contributed by atoms with van der Waals surface area (Å²) in [5.74, 6) is -1.52. The molecule has 0 spiro atoms. The van der Waals surface area contributed by atoms with Gasteiger partial charge in [-0.1, -0.05) is 25.1 Å². The molecule has 160 valence electrons. The molecule has 3 rings (SSSR count). The Hall–Kier alpha value is -3.54. The van der Waals surface area contributed by atoms with Gasteiger partial charge in [-0.2, -0.15) is 0 Å². The summed E-state index contributed by atoms with van der Waals surface area (Å²) in [6.45, 7) is 6.08. The highest BCUT2D eigenvalue weighted by Crippen LogP contribution is 2.22. The van der Waals surface area contributed by atoms with Gasteiger partial charge in [-0.3, -0.25) is 14.6 Å². The number of benzene rings is 1. The quantitative estimate of drug-likeness (QED) is 0.530. The van der Waals surface area contributed by atoms with Crippen molar-refractivity contribution in [2.75, 3.05) is 11.9 Å². The van der Waals surface area contributed by atoms with Gasteiger partial charge in [0, 0.05) is 36.4 Å². The first-order valence-corrected chi connectivity index (χ1v) is 10.3. The third-order valence-electron chi connectivity index (χ3n) is 5.26. The normalized spacial score (nSPS) is 14.5. The summed E-state index contributed by atoms with van der Waals surface area (Å²) >= 11 is 0. The molecule has 1 aliphatic rings. The Morgan fingerprint density at radius 1 is 1.13 bits per heavy atom. The average Bonchev–Trinajstić information content (AvgIpc) is 2.79. The second-order valence-electron chi connectivity index (χ2n) is 7.41. The summed E-state index contributed by atoms with van der Waals surface area (Å²) in [6, 6.07) is 6.36. The van der Waals surface area contributed by atoms with Gasteiger partial charge in [0.05, 0.1) is 5.69 Å². The Labute approximate surface area is 182 Å². The van der Waals surface area contributed by atoms with Crippen LogP contribution in [-0.2, 0) is 22.4 Å². The highest BCUT2D eigenvalue weighted by Gasteiger charge is 2.22. The minimum Gasteiger partial charge on any atom is -0.347 e. The number of nitrogens with one attached hydrogen (secondary N) is 1. The van der Waals surface area contributed by atoms with Crippen LogP contribution >= 0.6 is 0 Å². The number of aromatic nitrogens is 1. The Bertz CT molecular complexity index is 1070. The molecule has 1 aromatic heterocycles. The number of nitrogens with zero attached hydrogens (tertiary/aromatic N) is 2. The van der Waals surface area contributed by atoms with E-state index in [1.54, 1.807) is 31.5 Å². The molecule has 1 aromatic carbocycles. The molecule has 0 atom stereocenters. The van der Waals surface area contributed by atoms with Crippen molar-refractivity contribution in [1.82, 2.24) is 9.88 Å². The smallest absolute Gasteiger partial charge is 0.296 e. The van der Waals surface area contributed by atoms with Crippen LogP contribution in [0.2, 0.25) is 0 Å². The molecule has 5 nitrogen and oxygen atoms in total. The molecule has 31 heavy (non-hydrogen) atoms. The molecule has 6 heteroatoms. The van der Waals surface area contributed by atoms with E-state index >= 15 is 0 Å². The van der Waals surface area contributed by atoms with Gasteiger partial charge in [0.1, 0.15) is 5.82 Å². The first-order chi connectivity index (χ1) is 14.9. The maximum absolute atomic E-state index is 13.1. The third-order valence-corrected chi connectivity index (χ3v) is 5.26. The zero-order chi connectivity index (χ0) is 22.4. The summed E-state index contributed by atoms with van der Waals surface area (Å²) in [7, 11) is 0. The lowest BCUT2D eigenvalue weighted by atomic mass is 10.1. The minimum absolute atomic E-state index is 0.270. The number of allylic oxidation sites excluding steroid dienone is 3. The number of ketones is 1. The first kappa shape index (κ1) is 22.2. The van der Waals surface area contributed by atoms with E-state index < -0.39 is 11.7 Å². The van der Waals surface area contributed by atoms with E-state index in [1.165, 1.54) is 12.1 Å². The standard InChI is InChI=1S/C25H26FN3O2/c1-4-20-16-27-15-17(2)23(20)28-25(31)24(30)18(3)22-7-5-6-13-29(22)14-12-19-8-10-21(26)11-9-19/h5-11,13,15-16H,4,12,14H2,1-3H3,(H,27,28,31)/b22-18+. The molecule has 2 heterocycles. The van der Waals surface area contributed by atoms with Gasteiger partial charge in [-0.25, -0.2) is 4.39 Å². The number of rotatable bonds is 7. The fourth-order valence-electron chi connectivity index (χ4n) is 3.44. The summed E-state index contributed by atoms with van der Waals surface area (Å²) in [5, 5.41) is 2.77. The van der Waals surface area contributed by atoms with Crippen molar-refractivity contribution >= 4 is 17.4 Å². The van der Waals surface area contributed by atoms with Crippen molar-refractivity contribution in [3.05, 3.63) is 94.9 Å². The van der Waals surface area contributed by atoms with Gasteiger partial charge in [-0.15, -0.1) is 0 Å². The van der Waals surface area contributed by atoms with Crippen LogP contribution in [0.1, 0.15) is 30.5 Å². The molecule has 0 aliphatic carbocycles. The SMILES string of the molecule is CCc1cncc(C)c1NC(=O)C(=O)/C(C)=C1\C=CC=CN1CCc1ccc(F)cc1. The molecular formula is C25H26FN3O2. The van der Waals surface area contributed by atoms with E-state index in [-0.39, 0.29) is 5.82 Å². The first-order valence-electron chi connectivity index (χ1n) is 10.3. The number of carbonyl (C=O) groups is 2. The number of hydrogen-bond acceptors (Lipinski definition) is 4. The minimum atomic E-state index is -0.671. The fraction of sp³-hybridized carbons (Fsp3) is 0.240. The lowest BCUT2D eigenvalue weighted by Crippen LogP contribution is -2.28. The van der Waals surface area contributed by atoms with Crippen molar-refractivity contribution in [2.24, 2.45) is 0 Å². The zero-order valence-corrected chi connectivity index (χ0v) is 18.0. The molecule has 0 radical (unpaired) electrons. The largest absolute Gasteiger partial charge is 0.347 e. The Balaban J connectivity index is 1.76. The van der Waals surface area contributed by atoms with Gasteiger partial charge in [0.25, 0.3) is 5.91 Å². The lowest BCUT2D eigenvalue weighted by Gasteiger charge is -2.25. The molecule has 2 aromatic rings. The van der Waals surface area contributed by atoms with Crippen LogP contribution in [0.25, 0.3) is 0 Å². The van der Waals surface area contributed by atoms with Gasteiger partial charge < -0.3 is 10.2 Å².